The number of hydrogen-bond donors (Lipinski definition) is 1. The Labute approximate surface area is 88.8 Å². The lowest BCUT2D eigenvalue weighted by atomic mass is 10.1. The van der Waals surface area contributed by atoms with Crippen LogP contribution in [0.25, 0.3) is 0 Å². The molecule has 0 aliphatic heterocycles. The van der Waals surface area contributed by atoms with Crippen LogP contribution in [-0.2, 0) is 6.18 Å². The second-order valence-electron chi connectivity index (χ2n) is 2.79. The number of ketones is 1. The Hall–Kier alpha value is -1.07. The van der Waals surface area contributed by atoms with E-state index in [1.807, 2.05) is 0 Å². The van der Waals surface area contributed by atoms with E-state index in [0.717, 1.165) is 12.1 Å². The van der Waals surface area contributed by atoms with Crippen molar-refractivity contribution in [2.75, 3.05) is 6.54 Å². The predicted molar refractivity (Wildman–Crippen MR) is 49.8 cm³/mol. The normalized spacial score (nSPS) is 11.5. The van der Waals surface area contributed by atoms with Gasteiger partial charge in [0.25, 0.3) is 0 Å². The molecule has 0 fully saturated rings. The van der Waals surface area contributed by atoms with Crippen LogP contribution in [-0.4, -0.2) is 12.3 Å². The van der Waals surface area contributed by atoms with Crippen molar-refractivity contribution in [2.45, 2.75) is 6.18 Å². The van der Waals surface area contributed by atoms with Crippen LogP contribution in [0.2, 0.25) is 5.02 Å². The molecule has 0 saturated carbocycles. The Morgan fingerprint density at radius 1 is 1.40 bits per heavy atom. The highest BCUT2D eigenvalue weighted by Gasteiger charge is 2.34. The fraction of sp³-hybridized carbons (Fsp3) is 0.222. The third-order valence-electron chi connectivity index (χ3n) is 1.79. The van der Waals surface area contributed by atoms with E-state index in [2.05, 4.69) is 0 Å². The van der Waals surface area contributed by atoms with Gasteiger partial charge >= 0.3 is 6.18 Å². The minimum absolute atomic E-state index is 0.200. The number of nitrogens with two attached hydrogens (primary N) is 1. The average molecular weight is 238 g/mol. The first-order chi connectivity index (χ1) is 6.88. The molecule has 0 aliphatic rings. The monoisotopic (exact) mass is 237 g/mol. The fourth-order valence-corrected chi connectivity index (χ4v) is 1.41. The largest absolute Gasteiger partial charge is 0.417 e. The van der Waals surface area contributed by atoms with Crippen LogP contribution in [0.4, 0.5) is 13.2 Å². The molecule has 6 heteroatoms. The number of benzene rings is 1. The summed E-state index contributed by atoms with van der Waals surface area (Å²) in [6.07, 6.45) is -4.57. The molecule has 1 rings (SSSR count). The molecule has 0 radical (unpaired) electrons. The lowest BCUT2D eigenvalue weighted by molar-refractivity contribution is -0.137. The van der Waals surface area contributed by atoms with Gasteiger partial charge in [-0.1, -0.05) is 17.7 Å². The van der Waals surface area contributed by atoms with E-state index in [0.29, 0.717) is 0 Å². The zero-order valence-corrected chi connectivity index (χ0v) is 8.19. The molecule has 82 valence electrons. The molecule has 0 atom stereocenters. The van der Waals surface area contributed by atoms with E-state index in [1.54, 1.807) is 0 Å². The summed E-state index contributed by atoms with van der Waals surface area (Å²) in [6.45, 7) is -0.374. The van der Waals surface area contributed by atoms with E-state index in [1.165, 1.54) is 6.07 Å². The minimum Gasteiger partial charge on any atom is -0.324 e. The van der Waals surface area contributed by atoms with E-state index < -0.39 is 22.5 Å². The third-order valence-corrected chi connectivity index (χ3v) is 2.20. The SMILES string of the molecule is NCC(=O)c1cccc(C(F)(F)F)c1Cl. The first-order valence-corrected chi connectivity index (χ1v) is 4.34. The van der Waals surface area contributed by atoms with Gasteiger partial charge in [-0.25, -0.2) is 0 Å². The Balaban J connectivity index is 3.30. The maximum absolute atomic E-state index is 12.4. The van der Waals surface area contributed by atoms with Crippen LogP contribution < -0.4 is 5.73 Å². The first-order valence-electron chi connectivity index (χ1n) is 3.97. The summed E-state index contributed by atoms with van der Waals surface area (Å²) < 4.78 is 37.1. The Kier molecular flexibility index (Phi) is 3.36. The van der Waals surface area contributed by atoms with Gasteiger partial charge in [0.05, 0.1) is 17.1 Å². The van der Waals surface area contributed by atoms with E-state index in [-0.39, 0.29) is 12.1 Å². The van der Waals surface area contributed by atoms with Crippen molar-refractivity contribution in [1.82, 2.24) is 0 Å². The number of carbonyl (C=O) groups is 1. The van der Waals surface area contributed by atoms with Gasteiger partial charge < -0.3 is 5.73 Å². The molecule has 1 aromatic carbocycles. The maximum Gasteiger partial charge on any atom is 0.417 e. The zero-order chi connectivity index (χ0) is 11.6. The highest BCUT2D eigenvalue weighted by atomic mass is 35.5. The van der Waals surface area contributed by atoms with E-state index in [4.69, 9.17) is 17.3 Å². The minimum atomic E-state index is -4.57. The standard InChI is InChI=1S/C9H7ClF3NO/c10-8-5(7(15)4-14)2-1-3-6(8)9(11,12)13/h1-3H,4,14H2. The number of alkyl halides is 3. The molecule has 0 saturated heterocycles. The van der Waals surface area contributed by atoms with Crippen molar-refractivity contribution < 1.29 is 18.0 Å². The quantitative estimate of drug-likeness (QED) is 0.803. The number of hydrogen-bond acceptors (Lipinski definition) is 2. The number of Topliss-reactive ketones (excluding diaryl/α,β-unsaturated/α-hetero) is 1. The maximum atomic E-state index is 12.4. The highest BCUT2D eigenvalue weighted by Crippen LogP contribution is 2.36. The molecule has 2 N–H and O–H groups in total. The van der Waals surface area contributed by atoms with Gasteiger partial charge in [-0.15, -0.1) is 0 Å². The topological polar surface area (TPSA) is 43.1 Å². The van der Waals surface area contributed by atoms with Crippen LogP contribution >= 0.6 is 11.6 Å². The molecule has 0 spiro atoms. The van der Waals surface area contributed by atoms with Gasteiger partial charge in [-0.3, -0.25) is 4.79 Å². The summed E-state index contributed by atoms with van der Waals surface area (Å²) in [4.78, 5) is 11.1. The second kappa shape index (κ2) is 4.20. The first kappa shape index (κ1) is 12.0. The highest BCUT2D eigenvalue weighted by molar-refractivity contribution is 6.34. The van der Waals surface area contributed by atoms with Gasteiger partial charge in [-0.05, 0) is 12.1 Å². The summed E-state index contributed by atoms with van der Waals surface area (Å²) in [6, 6.07) is 3.15. The molecule has 0 bridgehead atoms. The number of carbonyl (C=O) groups excluding carboxylic acids is 1. The second-order valence-corrected chi connectivity index (χ2v) is 3.17. The average Bonchev–Trinajstić information content (AvgIpc) is 2.15. The third kappa shape index (κ3) is 2.49. The van der Waals surface area contributed by atoms with Gasteiger partial charge in [0.2, 0.25) is 0 Å². The van der Waals surface area contributed by atoms with E-state index in [9.17, 15) is 18.0 Å². The lowest BCUT2D eigenvalue weighted by Crippen LogP contribution is -2.16. The molecule has 1 aromatic rings. The Bertz CT molecular complexity index is 389. The Morgan fingerprint density at radius 3 is 2.47 bits per heavy atom. The summed E-state index contributed by atoms with van der Waals surface area (Å²) in [5.41, 5.74) is 3.82. The van der Waals surface area contributed by atoms with Gasteiger partial charge in [0.15, 0.2) is 5.78 Å². The molecule has 0 amide bonds. The Morgan fingerprint density at radius 2 is 2.00 bits per heavy atom. The summed E-state index contributed by atoms with van der Waals surface area (Å²) in [7, 11) is 0. The van der Waals surface area contributed by atoms with Crippen LogP contribution in [0.1, 0.15) is 15.9 Å². The molecule has 0 aliphatic carbocycles. The van der Waals surface area contributed by atoms with E-state index >= 15 is 0 Å². The zero-order valence-electron chi connectivity index (χ0n) is 7.44. The van der Waals surface area contributed by atoms with Crippen molar-refractivity contribution in [3.8, 4) is 0 Å². The van der Waals surface area contributed by atoms with Crippen molar-refractivity contribution in [3.63, 3.8) is 0 Å². The van der Waals surface area contributed by atoms with Gasteiger partial charge in [-0.2, -0.15) is 13.2 Å². The number of rotatable bonds is 2. The van der Waals surface area contributed by atoms with Crippen molar-refractivity contribution in [1.29, 1.82) is 0 Å². The molecule has 0 heterocycles. The summed E-state index contributed by atoms with van der Waals surface area (Å²) in [5, 5.41) is -0.597. The summed E-state index contributed by atoms with van der Waals surface area (Å²) >= 11 is 5.47. The molecule has 15 heavy (non-hydrogen) atoms. The lowest BCUT2D eigenvalue weighted by Gasteiger charge is -2.10. The van der Waals surface area contributed by atoms with Crippen LogP contribution in [0.3, 0.4) is 0 Å². The molecule has 0 unspecified atom stereocenters. The van der Waals surface area contributed by atoms with Crippen LogP contribution in [0.5, 0.6) is 0 Å². The summed E-state index contributed by atoms with van der Waals surface area (Å²) in [5.74, 6) is -0.619. The number of halogens is 4. The van der Waals surface area contributed by atoms with Crippen LogP contribution in [0, 0.1) is 0 Å². The molecular weight excluding hydrogens is 231 g/mol. The van der Waals surface area contributed by atoms with Crippen molar-refractivity contribution in [3.05, 3.63) is 34.3 Å². The van der Waals surface area contributed by atoms with Gasteiger partial charge in [0, 0.05) is 5.56 Å². The predicted octanol–water partition coefficient (Wildman–Crippen LogP) is 2.50. The van der Waals surface area contributed by atoms with Crippen molar-refractivity contribution in [2.24, 2.45) is 5.73 Å². The van der Waals surface area contributed by atoms with Gasteiger partial charge in [0.1, 0.15) is 0 Å². The fourth-order valence-electron chi connectivity index (χ4n) is 1.08. The molecular formula is C9H7ClF3NO. The van der Waals surface area contributed by atoms with Crippen molar-refractivity contribution >= 4 is 17.4 Å². The smallest absolute Gasteiger partial charge is 0.324 e. The molecule has 0 aromatic heterocycles. The van der Waals surface area contributed by atoms with Crippen LogP contribution in [0.15, 0.2) is 18.2 Å². The molecule has 2 nitrogen and oxygen atoms in total.